The number of aryl methyl sites for hydroxylation is 1. The number of ether oxygens (including phenoxy) is 1. The highest BCUT2D eigenvalue weighted by atomic mass is 35.5. The maximum absolute atomic E-state index is 12.3. The van der Waals surface area contributed by atoms with E-state index in [9.17, 15) is 9.59 Å². The number of halogens is 1. The summed E-state index contributed by atoms with van der Waals surface area (Å²) in [4.78, 5) is 24.4. The fraction of sp³-hybridized carbons (Fsp3) is 0.200. The Balaban J connectivity index is 1.58. The van der Waals surface area contributed by atoms with Crippen molar-refractivity contribution < 1.29 is 14.3 Å². The first-order valence-corrected chi connectivity index (χ1v) is 9.99. The van der Waals surface area contributed by atoms with Gasteiger partial charge in [0.2, 0.25) is 11.8 Å². The van der Waals surface area contributed by atoms with Crippen LogP contribution in [-0.4, -0.2) is 35.6 Å². The molecule has 0 radical (unpaired) electrons. The minimum atomic E-state index is -0.573. The number of para-hydroxylation sites is 1. The first-order valence-electron chi connectivity index (χ1n) is 8.74. The molecule has 150 valence electrons. The summed E-state index contributed by atoms with van der Waals surface area (Å²) in [5, 5.41) is 13.7. The topological polar surface area (TPSA) is 92.2 Å². The molecular formula is C20H19ClN4O3S. The van der Waals surface area contributed by atoms with Crippen LogP contribution in [0.4, 0.5) is 5.69 Å². The maximum atomic E-state index is 12.3. The standard InChI is InChI=1S/C20H19ClN4O3S/c1-12-7-8-14(9-15(12)21)23-18(26)10-17-19(27)24-20(29-17)25-22-11-13-5-3-4-6-16(13)28-2/h3-9,11,17H,10H2,1-2H3,(H,23,26)(H,24,25,27)/t17-/m0/s1. The van der Waals surface area contributed by atoms with Gasteiger partial charge in [-0.15, -0.1) is 5.10 Å². The average molecular weight is 431 g/mol. The van der Waals surface area contributed by atoms with Crippen molar-refractivity contribution in [3.8, 4) is 5.75 Å². The molecule has 2 aromatic carbocycles. The van der Waals surface area contributed by atoms with Crippen LogP contribution in [0.1, 0.15) is 17.5 Å². The van der Waals surface area contributed by atoms with Crippen molar-refractivity contribution in [3.63, 3.8) is 0 Å². The normalized spacial score (nSPS) is 17.6. The van der Waals surface area contributed by atoms with Gasteiger partial charge in [-0.2, -0.15) is 5.10 Å². The van der Waals surface area contributed by atoms with Crippen LogP contribution < -0.4 is 15.4 Å². The van der Waals surface area contributed by atoms with Gasteiger partial charge in [-0.25, -0.2) is 0 Å². The number of amidine groups is 1. The van der Waals surface area contributed by atoms with Gasteiger partial charge in [-0.05, 0) is 36.8 Å². The van der Waals surface area contributed by atoms with Crippen molar-refractivity contribution in [1.82, 2.24) is 5.32 Å². The largest absolute Gasteiger partial charge is 0.496 e. The van der Waals surface area contributed by atoms with Crippen LogP contribution in [0, 0.1) is 6.92 Å². The zero-order chi connectivity index (χ0) is 20.8. The number of methoxy groups -OCH3 is 1. The molecule has 29 heavy (non-hydrogen) atoms. The van der Waals surface area contributed by atoms with Crippen LogP contribution in [-0.2, 0) is 9.59 Å². The molecule has 1 fully saturated rings. The number of nitrogens with one attached hydrogen (secondary N) is 2. The average Bonchev–Trinajstić information content (AvgIpc) is 3.04. The lowest BCUT2D eigenvalue weighted by Crippen LogP contribution is -2.28. The second-order valence-electron chi connectivity index (χ2n) is 6.20. The minimum absolute atomic E-state index is 0.0111. The Morgan fingerprint density at radius 3 is 2.90 bits per heavy atom. The summed E-state index contributed by atoms with van der Waals surface area (Å²) in [5.41, 5.74) is 2.27. The molecule has 1 heterocycles. The molecule has 0 unspecified atom stereocenters. The Bertz CT molecular complexity index is 993. The van der Waals surface area contributed by atoms with Gasteiger partial charge in [0, 0.05) is 22.7 Å². The Kier molecular flexibility index (Phi) is 6.90. The minimum Gasteiger partial charge on any atom is -0.496 e. The molecule has 0 aromatic heterocycles. The van der Waals surface area contributed by atoms with Crippen molar-refractivity contribution in [2.45, 2.75) is 18.6 Å². The lowest BCUT2D eigenvalue weighted by atomic mass is 10.2. The molecular weight excluding hydrogens is 412 g/mol. The van der Waals surface area contributed by atoms with Gasteiger partial charge in [0.05, 0.1) is 13.3 Å². The summed E-state index contributed by atoms with van der Waals surface area (Å²) in [5.74, 6) is 0.111. The second kappa shape index (κ2) is 9.58. The van der Waals surface area contributed by atoms with E-state index < -0.39 is 5.25 Å². The summed E-state index contributed by atoms with van der Waals surface area (Å²) in [6, 6.07) is 12.6. The Hall–Kier alpha value is -2.84. The molecule has 2 amide bonds. The van der Waals surface area contributed by atoms with Gasteiger partial charge >= 0.3 is 0 Å². The van der Waals surface area contributed by atoms with E-state index in [2.05, 4.69) is 20.8 Å². The fourth-order valence-electron chi connectivity index (χ4n) is 2.55. The maximum Gasteiger partial charge on any atom is 0.240 e. The molecule has 0 spiro atoms. The van der Waals surface area contributed by atoms with Crippen molar-refractivity contribution in [2.75, 3.05) is 12.4 Å². The summed E-state index contributed by atoms with van der Waals surface area (Å²) in [6.45, 7) is 1.88. The molecule has 1 aliphatic heterocycles. The summed E-state index contributed by atoms with van der Waals surface area (Å²) < 4.78 is 5.24. The van der Waals surface area contributed by atoms with Crippen LogP contribution in [0.3, 0.4) is 0 Å². The van der Waals surface area contributed by atoms with E-state index in [1.165, 1.54) is 11.8 Å². The molecule has 1 saturated heterocycles. The highest BCUT2D eigenvalue weighted by Crippen LogP contribution is 2.24. The van der Waals surface area contributed by atoms with E-state index in [0.29, 0.717) is 21.6 Å². The molecule has 0 aliphatic carbocycles. The zero-order valence-corrected chi connectivity index (χ0v) is 17.4. The quantitative estimate of drug-likeness (QED) is 0.541. The Labute approximate surface area is 177 Å². The number of rotatable bonds is 6. The second-order valence-corrected chi connectivity index (χ2v) is 7.80. The molecule has 7 nitrogen and oxygen atoms in total. The zero-order valence-electron chi connectivity index (χ0n) is 15.8. The van der Waals surface area contributed by atoms with Gasteiger partial charge < -0.3 is 15.4 Å². The van der Waals surface area contributed by atoms with Crippen molar-refractivity contribution in [1.29, 1.82) is 0 Å². The number of thioether (sulfide) groups is 1. The SMILES string of the molecule is COc1ccccc1C=N/N=C1\NC(=O)[C@H](CC(=O)Nc2ccc(C)c(Cl)c2)S1. The molecule has 1 aliphatic rings. The first kappa shape index (κ1) is 20.9. The number of carbonyl (C=O) groups excluding carboxylic acids is 2. The number of carbonyl (C=O) groups is 2. The first-order chi connectivity index (χ1) is 14.0. The third-order valence-corrected chi connectivity index (χ3v) is 5.57. The van der Waals surface area contributed by atoms with E-state index in [0.717, 1.165) is 11.1 Å². The van der Waals surface area contributed by atoms with Gasteiger partial charge in [-0.1, -0.05) is 41.6 Å². The van der Waals surface area contributed by atoms with Gasteiger partial charge in [-0.3, -0.25) is 9.59 Å². The number of nitrogens with zero attached hydrogens (tertiary/aromatic N) is 2. The van der Waals surface area contributed by atoms with E-state index in [1.807, 2.05) is 37.3 Å². The van der Waals surface area contributed by atoms with Gasteiger partial charge in [0.1, 0.15) is 11.0 Å². The Morgan fingerprint density at radius 2 is 2.14 bits per heavy atom. The van der Waals surface area contributed by atoms with Crippen LogP contribution in [0.25, 0.3) is 0 Å². The van der Waals surface area contributed by atoms with Crippen LogP contribution >= 0.6 is 23.4 Å². The van der Waals surface area contributed by atoms with Crippen LogP contribution in [0.5, 0.6) is 5.75 Å². The molecule has 1 atom stereocenters. The lowest BCUT2D eigenvalue weighted by molar-refractivity contribution is -0.122. The summed E-state index contributed by atoms with van der Waals surface area (Å²) in [6.07, 6.45) is 1.55. The van der Waals surface area contributed by atoms with E-state index >= 15 is 0 Å². The highest BCUT2D eigenvalue weighted by Gasteiger charge is 2.32. The molecule has 3 rings (SSSR count). The number of benzene rings is 2. The van der Waals surface area contributed by atoms with Crippen LogP contribution in [0.2, 0.25) is 5.02 Å². The molecule has 2 aromatic rings. The number of amides is 2. The number of anilines is 1. The molecule has 9 heteroatoms. The van der Waals surface area contributed by atoms with Crippen molar-refractivity contribution in [3.05, 3.63) is 58.6 Å². The van der Waals surface area contributed by atoms with E-state index in [-0.39, 0.29) is 18.2 Å². The molecule has 0 bridgehead atoms. The molecule has 2 N–H and O–H groups in total. The highest BCUT2D eigenvalue weighted by molar-refractivity contribution is 8.15. The Morgan fingerprint density at radius 1 is 1.34 bits per heavy atom. The molecule has 0 saturated carbocycles. The van der Waals surface area contributed by atoms with Crippen molar-refractivity contribution in [2.24, 2.45) is 10.2 Å². The monoisotopic (exact) mass is 430 g/mol. The fourth-order valence-corrected chi connectivity index (χ4v) is 3.66. The third kappa shape index (κ3) is 5.58. The predicted molar refractivity (Wildman–Crippen MR) is 117 cm³/mol. The van der Waals surface area contributed by atoms with Gasteiger partial charge in [0.25, 0.3) is 0 Å². The summed E-state index contributed by atoms with van der Waals surface area (Å²) >= 11 is 7.23. The van der Waals surface area contributed by atoms with Crippen LogP contribution in [0.15, 0.2) is 52.7 Å². The predicted octanol–water partition coefficient (Wildman–Crippen LogP) is 3.61. The summed E-state index contributed by atoms with van der Waals surface area (Å²) in [7, 11) is 1.58. The van der Waals surface area contributed by atoms with E-state index in [4.69, 9.17) is 16.3 Å². The number of hydrogen-bond donors (Lipinski definition) is 2. The smallest absolute Gasteiger partial charge is 0.240 e. The lowest BCUT2D eigenvalue weighted by Gasteiger charge is -2.08. The van der Waals surface area contributed by atoms with E-state index in [1.54, 1.807) is 25.5 Å². The third-order valence-electron chi connectivity index (χ3n) is 4.09. The number of hydrogen-bond acceptors (Lipinski definition) is 6. The van der Waals surface area contributed by atoms with Gasteiger partial charge in [0.15, 0.2) is 5.17 Å². The van der Waals surface area contributed by atoms with Crippen molar-refractivity contribution >= 4 is 52.2 Å².